The molecule has 5 heteroatoms. The summed E-state index contributed by atoms with van der Waals surface area (Å²) in [5, 5.41) is 11.7. The highest BCUT2D eigenvalue weighted by Crippen LogP contribution is 2.23. The van der Waals surface area contributed by atoms with Gasteiger partial charge in [0.2, 0.25) is 5.91 Å². The predicted molar refractivity (Wildman–Crippen MR) is 57.6 cm³/mol. The van der Waals surface area contributed by atoms with Gasteiger partial charge in [0.25, 0.3) is 0 Å². The van der Waals surface area contributed by atoms with Gasteiger partial charge in [0.15, 0.2) is 0 Å². The van der Waals surface area contributed by atoms with Gasteiger partial charge in [0.1, 0.15) is 5.75 Å². The fourth-order valence-electron chi connectivity index (χ4n) is 1.07. The molecule has 1 rings (SSSR count). The summed E-state index contributed by atoms with van der Waals surface area (Å²) >= 11 is 0. The van der Waals surface area contributed by atoms with Crippen molar-refractivity contribution in [3.63, 3.8) is 0 Å². The van der Waals surface area contributed by atoms with Crippen molar-refractivity contribution in [2.24, 2.45) is 0 Å². The van der Waals surface area contributed by atoms with Gasteiger partial charge in [-0.25, -0.2) is 0 Å². The molecule has 0 heterocycles. The second-order valence-electron chi connectivity index (χ2n) is 3.06. The zero-order valence-corrected chi connectivity index (χ0v) is 8.49. The second-order valence-corrected chi connectivity index (χ2v) is 3.06. The average Bonchev–Trinajstić information content (AvgIpc) is 2.19. The van der Waals surface area contributed by atoms with E-state index in [4.69, 9.17) is 15.6 Å². The van der Waals surface area contributed by atoms with Gasteiger partial charge in [-0.05, 0) is 12.1 Å². The maximum atomic E-state index is 11.3. The maximum absolute atomic E-state index is 11.3. The Morgan fingerprint density at radius 2 is 2.33 bits per heavy atom. The fourth-order valence-corrected chi connectivity index (χ4v) is 1.07. The van der Waals surface area contributed by atoms with Crippen molar-refractivity contribution >= 4 is 17.3 Å². The molecule has 82 valence electrons. The van der Waals surface area contributed by atoms with Crippen molar-refractivity contribution in [3.8, 4) is 5.75 Å². The lowest BCUT2D eigenvalue weighted by atomic mass is 10.2. The van der Waals surface area contributed by atoms with Crippen LogP contribution in [0.4, 0.5) is 11.4 Å². The first kappa shape index (κ1) is 11.3. The first-order valence-corrected chi connectivity index (χ1v) is 4.50. The Morgan fingerprint density at radius 3 is 2.93 bits per heavy atom. The Bertz CT molecular complexity index is 353. The van der Waals surface area contributed by atoms with E-state index in [0.717, 1.165) is 0 Å². The van der Waals surface area contributed by atoms with Crippen LogP contribution in [0.3, 0.4) is 0 Å². The topological polar surface area (TPSA) is 84.6 Å². The molecular weight excluding hydrogens is 196 g/mol. The zero-order chi connectivity index (χ0) is 11.3. The molecule has 1 aromatic rings. The molecule has 0 saturated carbocycles. The molecule has 0 aliphatic rings. The van der Waals surface area contributed by atoms with Crippen LogP contribution in [0.25, 0.3) is 0 Å². The first-order chi connectivity index (χ1) is 7.13. The van der Waals surface area contributed by atoms with Crippen molar-refractivity contribution in [2.45, 2.75) is 6.42 Å². The van der Waals surface area contributed by atoms with Gasteiger partial charge in [-0.2, -0.15) is 0 Å². The highest BCUT2D eigenvalue weighted by molar-refractivity contribution is 5.94. The SMILES string of the molecule is COCCC(=O)Nc1ccc(O)cc1N. The number of anilines is 2. The number of rotatable bonds is 4. The second kappa shape index (κ2) is 5.21. The molecule has 0 bridgehead atoms. The highest BCUT2D eigenvalue weighted by atomic mass is 16.5. The van der Waals surface area contributed by atoms with Gasteiger partial charge in [0.05, 0.1) is 24.4 Å². The van der Waals surface area contributed by atoms with Crippen molar-refractivity contribution in [1.29, 1.82) is 0 Å². The van der Waals surface area contributed by atoms with Gasteiger partial charge in [-0.3, -0.25) is 4.79 Å². The number of hydrogen-bond donors (Lipinski definition) is 3. The molecular formula is C10H14N2O3. The number of nitrogen functional groups attached to an aromatic ring is 1. The molecule has 4 N–H and O–H groups in total. The predicted octanol–water partition coefficient (Wildman–Crippen LogP) is 0.949. The molecule has 0 saturated heterocycles. The molecule has 5 nitrogen and oxygen atoms in total. The Balaban J connectivity index is 2.60. The summed E-state index contributed by atoms with van der Waals surface area (Å²) in [4.78, 5) is 11.3. The molecule has 0 atom stereocenters. The highest BCUT2D eigenvalue weighted by Gasteiger charge is 2.05. The minimum absolute atomic E-state index is 0.0717. The molecule has 15 heavy (non-hydrogen) atoms. The summed E-state index contributed by atoms with van der Waals surface area (Å²) in [5.74, 6) is -0.100. The summed E-state index contributed by atoms with van der Waals surface area (Å²) in [5.41, 5.74) is 6.42. The van der Waals surface area contributed by atoms with Crippen molar-refractivity contribution in [2.75, 3.05) is 24.8 Å². The molecule has 1 amide bonds. The molecule has 0 aromatic heterocycles. The Hall–Kier alpha value is -1.75. The summed E-state index contributed by atoms with van der Waals surface area (Å²) in [6.45, 7) is 0.365. The standard InChI is InChI=1S/C10H14N2O3/c1-15-5-4-10(14)12-9-3-2-7(13)6-8(9)11/h2-3,6,13H,4-5,11H2,1H3,(H,12,14). The molecule has 0 aliphatic carbocycles. The minimum Gasteiger partial charge on any atom is -0.508 e. The quantitative estimate of drug-likeness (QED) is 0.510. The van der Waals surface area contributed by atoms with E-state index < -0.39 is 0 Å². The number of phenolic OH excluding ortho intramolecular Hbond substituents is 1. The zero-order valence-electron chi connectivity index (χ0n) is 8.49. The number of nitrogens with one attached hydrogen (secondary N) is 1. The van der Waals surface area contributed by atoms with Crippen LogP contribution in [0.5, 0.6) is 5.75 Å². The van der Waals surface area contributed by atoms with Crippen molar-refractivity contribution in [3.05, 3.63) is 18.2 Å². The van der Waals surface area contributed by atoms with Gasteiger partial charge in [-0.15, -0.1) is 0 Å². The minimum atomic E-state index is -0.172. The van der Waals surface area contributed by atoms with Crippen LogP contribution in [-0.2, 0) is 9.53 Å². The van der Waals surface area contributed by atoms with Gasteiger partial charge in [-0.1, -0.05) is 0 Å². The lowest BCUT2D eigenvalue weighted by molar-refractivity contribution is -0.117. The van der Waals surface area contributed by atoms with E-state index in [1.54, 1.807) is 6.07 Å². The van der Waals surface area contributed by atoms with E-state index >= 15 is 0 Å². The van der Waals surface area contributed by atoms with Crippen LogP contribution in [0.15, 0.2) is 18.2 Å². The average molecular weight is 210 g/mol. The number of aromatic hydroxyl groups is 1. The lowest BCUT2D eigenvalue weighted by Gasteiger charge is -2.07. The van der Waals surface area contributed by atoms with Crippen LogP contribution in [-0.4, -0.2) is 24.7 Å². The first-order valence-electron chi connectivity index (χ1n) is 4.50. The number of carbonyl (C=O) groups excluding carboxylic acids is 1. The van der Waals surface area contributed by atoms with Crippen LogP contribution >= 0.6 is 0 Å². The third-order valence-corrected chi connectivity index (χ3v) is 1.84. The number of amides is 1. The molecule has 0 spiro atoms. The van der Waals surface area contributed by atoms with Gasteiger partial charge >= 0.3 is 0 Å². The third kappa shape index (κ3) is 3.47. The molecule has 0 unspecified atom stereocenters. The number of hydrogen-bond acceptors (Lipinski definition) is 4. The number of nitrogens with two attached hydrogens (primary N) is 1. The molecule has 0 fully saturated rings. The number of benzene rings is 1. The Kier molecular flexibility index (Phi) is 3.93. The number of methoxy groups -OCH3 is 1. The lowest BCUT2D eigenvalue weighted by Crippen LogP contribution is -2.14. The van der Waals surface area contributed by atoms with E-state index in [0.29, 0.717) is 18.0 Å². The number of carbonyl (C=O) groups is 1. The van der Waals surface area contributed by atoms with Crippen LogP contribution in [0.2, 0.25) is 0 Å². The van der Waals surface area contributed by atoms with Crippen LogP contribution < -0.4 is 11.1 Å². The van der Waals surface area contributed by atoms with Gasteiger partial charge in [0, 0.05) is 13.2 Å². The smallest absolute Gasteiger partial charge is 0.226 e. The molecule has 0 radical (unpaired) electrons. The van der Waals surface area contributed by atoms with E-state index in [1.165, 1.54) is 19.2 Å². The van der Waals surface area contributed by atoms with Crippen molar-refractivity contribution in [1.82, 2.24) is 0 Å². The summed E-state index contributed by atoms with van der Waals surface area (Å²) in [6, 6.07) is 4.39. The normalized spacial score (nSPS) is 9.93. The monoisotopic (exact) mass is 210 g/mol. The fraction of sp³-hybridized carbons (Fsp3) is 0.300. The Labute approximate surface area is 87.9 Å². The third-order valence-electron chi connectivity index (χ3n) is 1.84. The van der Waals surface area contributed by atoms with Crippen LogP contribution in [0, 0.1) is 0 Å². The maximum Gasteiger partial charge on any atom is 0.226 e. The molecule has 0 aliphatic heterocycles. The van der Waals surface area contributed by atoms with Crippen molar-refractivity contribution < 1.29 is 14.6 Å². The van der Waals surface area contributed by atoms with E-state index in [2.05, 4.69) is 5.32 Å². The van der Waals surface area contributed by atoms with Gasteiger partial charge < -0.3 is 20.9 Å². The van der Waals surface area contributed by atoms with E-state index in [1.807, 2.05) is 0 Å². The van der Waals surface area contributed by atoms with E-state index in [9.17, 15) is 4.79 Å². The summed E-state index contributed by atoms with van der Waals surface area (Å²) < 4.78 is 4.77. The number of phenols is 1. The van der Waals surface area contributed by atoms with Crippen LogP contribution in [0.1, 0.15) is 6.42 Å². The molecule has 1 aromatic carbocycles. The Morgan fingerprint density at radius 1 is 1.60 bits per heavy atom. The largest absolute Gasteiger partial charge is 0.508 e. The van der Waals surface area contributed by atoms with E-state index in [-0.39, 0.29) is 18.1 Å². The summed E-state index contributed by atoms with van der Waals surface area (Å²) in [6.07, 6.45) is 0.275. The number of ether oxygens (including phenoxy) is 1. The summed E-state index contributed by atoms with van der Waals surface area (Å²) in [7, 11) is 1.53.